The predicted octanol–water partition coefficient (Wildman–Crippen LogP) is 3.76. The van der Waals surface area contributed by atoms with Gasteiger partial charge in [-0.1, -0.05) is 36.4 Å². The van der Waals surface area contributed by atoms with Crippen LogP contribution >= 0.6 is 0 Å². The zero-order chi connectivity index (χ0) is 17.4. The van der Waals surface area contributed by atoms with Crippen molar-refractivity contribution >= 4 is 10.9 Å². The molecule has 2 N–H and O–H groups in total. The molecule has 0 saturated carbocycles. The lowest BCUT2D eigenvalue weighted by molar-refractivity contribution is 0.719. The smallest absolute Gasteiger partial charge is 0.0649 e. The van der Waals surface area contributed by atoms with E-state index in [1.807, 2.05) is 29.8 Å². The van der Waals surface area contributed by atoms with Crippen LogP contribution in [0.15, 0.2) is 66.9 Å². The Labute approximate surface area is 147 Å². The number of nitrogens with zero attached hydrogens (tertiary/aromatic N) is 3. The van der Waals surface area contributed by atoms with Gasteiger partial charge in [0.05, 0.1) is 17.1 Å². The van der Waals surface area contributed by atoms with Crippen molar-refractivity contribution in [2.75, 3.05) is 6.54 Å². The highest BCUT2D eigenvalue weighted by atomic mass is 15.3. The molecular weight excluding hydrogens is 308 g/mol. The van der Waals surface area contributed by atoms with Crippen LogP contribution in [0.4, 0.5) is 0 Å². The number of nitrogens with two attached hydrogens (primary N) is 1. The molecule has 4 heteroatoms. The van der Waals surface area contributed by atoms with Crippen molar-refractivity contribution in [3.8, 4) is 5.69 Å². The maximum absolute atomic E-state index is 6.24. The van der Waals surface area contributed by atoms with E-state index in [0.717, 1.165) is 17.1 Å². The fraction of sp³-hybridized carbons (Fsp3) is 0.190. The van der Waals surface area contributed by atoms with Crippen LogP contribution in [0.5, 0.6) is 0 Å². The second kappa shape index (κ2) is 6.22. The molecule has 0 bridgehead atoms. The van der Waals surface area contributed by atoms with E-state index in [4.69, 9.17) is 10.8 Å². The van der Waals surface area contributed by atoms with Gasteiger partial charge in [0.1, 0.15) is 0 Å². The average Bonchev–Trinajstić information content (AvgIpc) is 3.18. The standard InChI is InChI=1S/C21H22N4/c1-15-12-21(25(23-15)16-8-4-3-5-9-16)18(13-22)19-14-24(2)20-11-7-6-10-17(19)20/h3-12,14,18H,13,22H2,1-2H3. The number of aromatic nitrogens is 3. The molecule has 126 valence electrons. The zero-order valence-electron chi connectivity index (χ0n) is 14.6. The van der Waals surface area contributed by atoms with Crippen molar-refractivity contribution in [1.29, 1.82) is 0 Å². The van der Waals surface area contributed by atoms with Crippen molar-refractivity contribution < 1.29 is 0 Å². The van der Waals surface area contributed by atoms with Gasteiger partial charge in [0, 0.05) is 36.6 Å². The average molecular weight is 330 g/mol. The van der Waals surface area contributed by atoms with E-state index in [9.17, 15) is 0 Å². The first-order chi connectivity index (χ1) is 12.2. The molecule has 0 aliphatic carbocycles. The zero-order valence-corrected chi connectivity index (χ0v) is 14.6. The Morgan fingerprint density at radius 2 is 1.76 bits per heavy atom. The Morgan fingerprint density at radius 1 is 1.04 bits per heavy atom. The lowest BCUT2D eigenvalue weighted by Crippen LogP contribution is -2.17. The van der Waals surface area contributed by atoms with Crippen LogP contribution in [0.3, 0.4) is 0 Å². The monoisotopic (exact) mass is 330 g/mol. The third-order valence-corrected chi connectivity index (χ3v) is 4.76. The lowest BCUT2D eigenvalue weighted by atomic mass is 9.95. The normalized spacial score (nSPS) is 12.6. The minimum absolute atomic E-state index is 0.0903. The fourth-order valence-electron chi connectivity index (χ4n) is 3.60. The molecule has 0 amide bonds. The van der Waals surface area contributed by atoms with Gasteiger partial charge in [-0.15, -0.1) is 0 Å². The van der Waals surface area contributed by atoms with Gasteiger partial charge >= 0.3 is 0 Å². The van der Waals surface area contributed by atoms with Crippen molar-refractivity contribution in [1.82, 2.24) is 14.3 Å². The molecule has 2 aromatic carbocycles. The number of aryl methyl sites for hydroxylation is 2. The van der Waals surface area contributed by atoms with Gasteiger partial charge in [0.2, 0.25) is 0 Å². The molecule has 2 heterocycles. The van der Waals surface area contributed by atoms with Crippen molar-refractivity contribution in [2.45, 2.75) is 12.8 Å². The van der Waals surface area contributed by atoms with Crippen LogP contribution in [0, 0.1) is 6.92 Å². The first kappa shape index (κ1) is 15.7. The molecule has 0 aliphatic rings. The van der Waals surface area contributed by atoms with Crippen LogP contribution in [-0.4, -0.2) is 20.9 Å². The molecule has 0 saturated heterocycles. The van der Waals surface area contributed by atoms with E-state index in [1.54, 1.807) is 0 Å². The van der Waals surface area contributed by atoms with E-state index in [0.29, 0.717) is 6.54 Å². The quantitative estimate of drug-likeness (QED) is 0.619. The third kappa shape index (κ3) is 2.65. The summed E-state index contributed by atoms with van der Waals surface area (Å²) in [6, 6.07) is 20.9. The second-order valence-corrected chi connectivity index (χ2v) is 6.46. The topological polar surface area (TPSA) is 48.8 Å². The van der Waals surface area contributed by atoms with Crippen LogP contribution in [0.2, 0.25) is 0 Å². The molecular formula is C21H22N4. The Morgan fingerprint density at radius 3 is 2.52 bits per heavy atom. The van der Waals surface area contributed by atoms with Gasteiger partial charge in [-0.25, -0.2) is 4.68 Å². The van der Waals surface area contributed by atoms with Gasteiger partial charge < -0.3 is 10.3 Å². The van der Waals surface area contributed by atoms with E-state index in [2.05, 4.69) is 60.3 Å². The molecule has 0 fully saturated rings. The maximum atomic E-state index is 6.24. The van der Waals surface area contributed by atoms with Gasteiger partial charge in [-0.2, -0.15) is 5.10 Å². The molecule has 0 aliphatic heterocycles. The molecule has 4 aromatic rings. The highest BCUT2D eigenvalue weighted by Gasteiger charge is 2.22. The number of para-hydroxylation sites is 2. The summed E-state index contributed by atoms with van der Waals surface area (Å²) < 4.78 is 4.19. The summed E-state index contributed by atoms with van der Waals surface area (Å²) in [6.45, 7) is 2.56. The highest BCUT2D eigenvalue weighted by Crippen LogP contribution is 2.32. The highest BCUT2D eigenvalue weighted by molar-refractivity contribution is 5.85. The fourth-order valence-corrected chi connectivity index (χ4v) is 3.60. The minimum atomic E-state index is 0.0903. The predicted molar refractivity (Wildman–Crippen MR) is 102 cm³/mol. The molecule has 2 aromatic heterocycles. The number of fused-ring (bicyclic) bond motifs is 1. The molecule has 0 radical (unpaired) electrons. The van der Waals surface area contributed by atoms with Gasteiger partial charge in [0.25, 0.3) is 0 Å². The second-order valence-electron chi connectivity index (χ2n) is 6.46. The van der Waals surface area contributed by atoms with Gasteiger partial charge in [-0.3, -0.25) is 0 Å². The molecule has 1 atom stereocenters. The van der Waals surface area contributed by atoms with Crippen LogP contribution in [-0.2, 0) is 7.05 Å². The largest absolute Gasteiger partial charge is 0.350 e. The summed E-state index contributed by atoms with van der Waals surface area (Å²) in [7, 11) is 2.08. The van der Waals surface area contributed by atoms with E-state index >= 15 is 0 Å². The SMILES string of the molecule is Cc1cc(C(CN)c2cn(C)c3ccccc23)n(-c2ccccc2)n1. The molecule has 4 nitrogen and oxygen atoms in total. The number of rotatable bonds is 4. The minimum Gasteiger partial charge on any atom is -0.350 e. The van der Waals surface area contributed by atoms with Gasteiger partial charge in [0.15, 0.2) is 0 Å². The number of hydrogen-bond acceptors (Lipinski definition) is 2. The van der Waals surface area contributed by atoms with Crippen LogP contribution in [0.25, 0.3) is 16.6 Å². The molecule has 25 heavy (non-hydrogen) atoms. The molecule has 0 spiro atoms. The van der Waals surface area contributed by atoms with Crippen LogP contribution < -0.4 is 5.73 Å². The Balaban J connectivity index is 1.90. The summed E-state index contributed by atoms with van der Waals surface area (Å²) in [5, 5.41) is 5.97. The first-order valence-corrected chi connectivity index (χ1v) is 8.55. The Bertz CT molecular complexity index is 1010. The first-order valence-electron chi connectivity index (χ1n) is 8.55. The summed E-state index contributed by atoms with van der Waals surface area (Å²) in [4.78, 5) is 0. The Hall–Kier alpha value is -2.85. The Kier molecular flexibility index (Phi) is 3.90. The maximum Gasteiger partial charge on any atom is 0.0649 e. The molecule has 4 rings (SSSR count). The lowest BCUT2D eigenvalue weighted by Gasteiger charge is -2.17. The van der Waals surface area contributed by atoms with Crippen molar-refractivity contribution in [2.24, 2.45) is 12.8 Å². The summed E-state index contributed by atoms with van der Waals surface area (Å²) in [5.74, 6) is 0.0903. The van der Waals surface area contributed by atoms with E-state index < -0.39 is 0 Å². The van der Waals surface area contributed by atoms with Crippen molar-refractivity contribution in [3.63, 3.8) is 0 Å². The van der Waals surface area contributed by atoms with Crippen LogP contribution in [0.1, 0.15) is 22.9 Å². The summed E-state index contributed by atoms with van der Waals surface area (Å²) >= 11 is 0. The molecule has 1 unspecified atom stereocenters. The van der Waals surface area contributed by atoms with E-state index in [-0.39, 0.29) is 5.92 Å². The number of benzene rings is 2. The number of hydrogen-bond donors (Lipinski definition) is 1. The third-order valence-electron chi connectivity index (χ3n) is 4.76. The summed E-state index contributed by atoms with van der Waals surface area (Å²) in [6.07, 6.45) is 2.19. The van der Waals surface area contributed by atoms with Crippen molar-refractivity contribution in [3.05, 3.63) is 83.8 Å². The summed E-state index contributed by atoms with van der Waals surface area (Å²) in [5.41, 5.74) is 11.9. The van der Waals surface area contributed by atoms with Gasteiger partial charge in [-0.05, 0) is 36.8 Å². The van der Waals surface area contributed by atoms with E-state index in [1.165, 1.54) is 16.5 Å².